The minimum atomic E-state index is -0.687. The highest BCUT2D eigenvalue weighted by Gasteiger charge is 2.16. The van der Waals surface area contributed by atoms with E-state index in [4.69, 9.17) is 4.74 Å². The molecule has 0 radical (unpaired) electrons. The summed E-state index contributed by atoms with van der Waals surface area (Å²) < 4.78 is 5.67. The Hall–Kier alpha value is -1.92. The maximum atomic E-state index is 12.3. The zero-order valence-corrected chi connectivity index (χ0v) is 17.5. The fraction of sp³-hybridized carbons (Fsp3) is 0.619. The number of likely N-dealkylation sites (N-methyl/N-ethyl adjacent to an activating group) is 1. The first-order valence-electron chi connectivity index (χ1n) is 9.54. The van der Waals surface area contributed by atoms with Crippen LogP contribution in [0, 0.1) is 0 Å². The fourth-order valence-electron chi connectivity index (χ4n) is 2.62. The third-order valence-electron chi connectivity index (χ3n) is 4.19. The number of hydrogen-bond donors (Lipinski definition) is 2. The standard InChI is InChI=1S/C21H34N2O4/c1-7-23(8-2)20(26)12-16-9-10-19(18(11-16)15(3)24)27-14-17(25)13-22-21(4,5)6/h9-11,17,22,25H,7-8,12-14H2,1-6H3. The van der Waals surface area contributed by atoms with Gasteiger partial charge in [0.1, 0.15) is 18.5 Å². The number of rotatable bonds is 10. The van der Waals surface area contributed by atoms with Gasteiger partial charge < -0.3 is 20.1 Å². The van der Waals surface area contributed by atoms with Gasteiger partial charge in [0.25, 0.3) is 0 Å². The molecule has 1 rings (SSSR count). The molecule has 1 aromatic carbocycles. The van der Waals surface area contributed by atoms with Crippen molar-refractivity contribution in [3.63, 3.8) is 0 Å². The number of aliphatic hydroxyl groups excluding tert-OH is 1. The number of ether oxygens (including phenoxy) is 1. The van der Waals surface area contributed by atoms with Crippen molar-refractivity contribution in [3.8, 4) is 5.75 Å². The fourth-order valence-corrected chi connectivity index (χ4v) is 2.62. The Morgan fingerprint density at radius 1 is 1.22 bits per heavy atom. The minimum absolute atomic E-state index is 0.0341. The van der Waals surface area contributed by atoms with Crippen molar-refractivity contribution in [1.82, 2.24) is 10.2 Å². The van der Waals surface area contributed by atoms with Crippen LogP contribution in [0.4, 0.5) is 0 Å². The van der Waals surface area contributed by atoms with E-state index in [1.165, 1.54) is 6.92 Å². The first-order valence-corrected chi connectivity index (χ1v) is 9.54. The van der Waals surface area contributed by atoms with Gasteiger partial charge in [0, 0.05) is 25.2 Å². The average Bonchev–Trinajstić information content (AvgIpc) is 2.59. The maximum Gasteiger partial charge on any atom is 0.226 e. The Labute approximate surface area is 162 Å². The van der Waals surface area contributed by atoms with Gasteiger partial charge in [-0.25, -0.2) is 0 Å². The van der Waals surface area contributed by atoms with Gasteiger partial charge in [0.15, 0.2) is 5.78 Å². The van der Waals surface area contributed by atoms with Crippen molar-refractivity contribution < 1.29 is 19.4 Å². The molecule has 0 heterocycles. The molecule has 2 N–H and O–H groups in total. The monoisotopic (exact) mass is 378 g/mol. The van der Waals surface area contributed by atoms with E-state index in [-0.39, 0.29) is 30.3 Å². The first-order chi connectivity index (χ1) is 12.6. The van der Waals surface area contributed by atoms with Crippen molar-refractivity contribution >= 4 is 11.7 Å². The van der Waals surface area contributed by atoms with Crippen molar-refractivity contribution in [1.29, 1.82) is 0 Å². The molecule has 0 fully saturated rings. The summed E-state index contributed by atoms with van der Waals surface area (Å²) in [5.74, 6) is 0.327. The lowest BCUT2D eigenvalue weighted by atomic mass is 10.0. The molecule has 1 atom stereocenters. The Morgan fingerprint density at radius 3 is 2.37 bits per heavy atom. The van der Waals surface area contributed by atoms with Crippen molar-refractivity contribution in [2.24, 2.45) is 0 Å². The van der Waals surface area contributed by atoms with Crippen LogP contribution in [0.2, 0.25) is 0 Å². The van der Waals surface area contributed by atoms with Gasteiger partial charge in [0.05, 0.1) is 12.0 Å². The lowest BCUT2D eigenvalue weighted by Gasteiger charge is -2.23. The summed E-state index contributed by atoms with van der Waals surface area (Å²) in [6.07, 6.45) is -0.437. The van der Waals surface area contributed by atoms with E-state index in [1.54, 1.807) is 23.1 Å². The van der Waals surface area contributed by atoms with Crippen LogP contribution >= 0.6 is 0 Å². The zero-order valence-electron chi connectivity index (χ0n) is 17.5. The zero-order chi connectivity index (χ0) is 20.6. The highest BCUT2D eigenvalue weighted by molar-refractivity contribution is 5.97. The Balaban J connectivity index is 2.79. The Kier molecular flexibility index (Phi) is 8.93. The second-order valence-corrected chi connectivity index (χ2v) is 7.73. The average molecular weight is 379 g/mol. The molecule has 1 unspecified atom stereocenters. The summed E-state index contributed by atoms with van der Waals surface area (Å²) in [6.45, 7) is 13.2. The van der Waals surface area contributed by atoms with Crippen molar-refractivity contribution in [2.75, 3.05) is 26.2 Å². The minimum Gasteiger partial charge on any atom is -0.490 e. The topological polar surface area (TPSA) is 78.9 Å². The van der Waals surface area contributed by atoms with E-state index in [0.717, 1.165) is 5.56 Å². The molecule has 0 aliphatic rings. The number of β-amino-alcohol motifs (C(OH)–C–C–N with tert-alkyl or cyclic N) is 1. The number of Topliss-reactive ketones (excluding diaryl/α,β-unsaturated/α-hetero) is 1. The molecule has 0 bridgehead atoms. The van der Waals surface area contributed by atoms with Gasteiger partial charge in [-0.15, -0.1) is 0 Å². The van der Waals surface area contributed by atoms with E-state index in [9.17, 15) is 14.7 Å². The van der Waals surface area contributed by atoms with Gasteiger partial charge in [-0.05, 0) is 59.2 Å². The van der Waals surface area contributed by atoms with Gasteiger partial charge in [0.2, 0.25) is 5.91 Å². The molecular weight excluding hydrogens is 344 g/mol. The molecule has 0 spiro atoms. The molecule has 1 aromatic rings. The third kappa shape index (κ3) is 8.10. The van der Waals surface area contributed by atoms with E-state index >= 15 is 0 Å². The lowest BCUT2D eigenvalue weighted by molar-refractivity contribution is -0.130. The Morgan fingerprint density at radius 2 is 1.85 bits per heavy atom. The molecule has 0 aliphatic carbocycles. The molecule has 0 aromatic heterocycles. The summed E-state index contributed by atoms with van der Waals surface area (Å²) in [4.78, 5) is 26.0. The number of nitrogens with one attached hydrogen (secondary N) is 1. The second kappa shape index (κ2) is 10.4. The quantitative estimate of drug-likeness (QED) is 0.612. The van der Waals surface area contributed by atoms with Crippen LogP contribution < -0.4 is 10.1 Å². The molecule has 0 saturated heterocycles. The van der Waals surface area contributed by atoms with Crippen LogP contribution in [0.3, 0.4) is 0 Å². The summed E-state index contributed by atoms with van der Waals surface area (Å²) in [6, 6.07) is 5.20. The van der Waals surface area contributed by atoms with Crippen LogP contribution in [0.1, 0.15) is 57.5 Å². The molecule has 6 nitrogen and oxygen atoms in total. The number of ketones is 1. The Bertz CT molecular complexity index is 634. The van der Waals surface area contributed by atoms with Crippen molar-refractivity contribution in [2.45, 2.75) is 59.6 Å². The van der Waals surface area contributed by atoms with Crippen molar-refractivity contribution in [3.05, 3.63) is 29.3 Å². The first kappa shape index (κ1) is 23.1. The SMILES string of the molecule is CCN(CC)C(=O)Cc1ccc(OCC(O)CNC(C)(C)C)c(C(C)=O)c1. The predicted octanol–water partition coefficient (Wildman–Crippen LogP) is 2.43. The van der Waals surface area contributed by atoms with E-state index in [2.05, 4.69) is 5.32 Å². The lowest BCUT2D eigenvalue weighted by Crippen LogP contribution is -2.42. The number of aliphatic hydroxyl groups is 1. The third-order valence-corrected chi connectivity index (χ3v) is 4.19. The number of hydrogen-bond acceptors (Lipinski definition) is 5. The number of carbonyl (C=O) groups is 2. The summed E-state index contributed by atoms with van der Waals surface area (Å²) >= 11 is 0. The van der Waals surface area contributed by atoms with E-state index in [1.807, 2.05) is 34.6 Å². The van der Waals surface area contributed by atoms with E-state index in [0.29, 0.717) is 30.9 Å². The number of amides is 1. The molecule has 1 amide bonds. The highest BCUT2D eigenvalue weighted by atomic mass is 16.5. The summed E-state index contributed by atoms with van der Waals surface area (Å²) in [7, 11) is 0. The summed E-state index contributed by atoms with van der Waals surface area (Å²) in [5, 5.41) is 13.3. The molecule has 6 heteroatoms. The van der Waals surface area contributed by atoms with Gasteiger partial charge in [-0.2, -0.15) is 0 Å². The number of benzene rings is 1. The van der Waals surface area contributed by atoms with Crippen LogP contribution in [0.25, 0.3) is 0 Å². The second-order valence-electron chi connectivity index (χ2n) is 7.73. The van der Waals surface area contributed by atoms with Gasteiger partial charge in [-0.1, -0.05) is 6.07 Å². The maximum absolute atomic E-state index is 12.3. The molecule has 27 heavy (non-hydrogen) atoms. The van der Waals surface area contributed by atoms with Gasteiger partial charge in [-0.3, -0.25) is 9.59 Å². The number of carbonyl (C=O) groups excluding carboxylic acids is 2. The molecule has 0 saturated carbocycles. The predicted molar refractivity (Wildman–Crippen MR) is 107 cm³/mol. The molecular formula is C21H34N2O4. The highest BCUT2D eigenvalue weighted by Crippen LogP contribution is 2.22. The van der Waals surface area contributed by atoms with Crippen LogP contribution in [-0.2, 0) is 11.2 Å². The van der Waals surface area contributed by atoms with E-state index < -0.39 is 6.10 Å². The smallest absolute Gasteiger partial charge is 0.226 e. The van der Waals surface area contributed by atoms with Crippen LogP contribution in [0.5, 0.6) is 5.75 Å². The normalized spacial score (nSPS) is 12.6. The largest absolute Gasteiger partial charge is 0.490 e. The summed E-state index contributed by atoms with van der Waals surface area (Å²) in [5.41, 5.74) is 1.11. The number of nitrogens with zero attached hydrogens (tertiary/aromatic N) is 1. The van der Waals surface area contributed by atoms with Crippen LogP contribution in [-0.4, -0.2) is 59.6 Å². The molecule has 0 aliphatic heterocycles. The molecule has 152 valence electrons. The van der Waals surface area contributed by atoms with Gasteiger partial charge >= 0.3 is 0 Å². The van der Waals surface area contributed by atoms with Crippen LogP contribution in [0.15, 0.2) is 18.2 Å².